The van der Waals surface area contributed by atoms with Crippen molar-refractivity contribution < 1.29 is 0 Å². The van der Waals surface area contributed by atoms with Crippen molar-refractivity contribution in [1.82, 2.24) is 9.38 Å². The lowest BCUT2D eigenvalue weighted by atomic mass is 10.2. The van der Waals surface area contributed by atoms with Crippen LogP contribution in [0.5, 0.6) is 0 Å². The maximum absolute atomic E-state index is 4.90. The van der Waals surface area contributed by atoms with Gasteiger partial charge in [0.1, 0.15) is 10.9 Å². The third kappa shape index (κ3) is 2.88. The van der Waals surface area contributed by atoms with E-state index in [0.29, 0.717) is 0 Å². The molecule has 0 aliphatic heterocycles. The molecule has 3 heteroatoms. The van der Waals surface area contributed by atoms with Crippen molar-refractivity contribution in [3.63, 3.8) is 0 Å². The summed E-state index contributed by atoms with van der Waals surface area (Å²) in [6.07, 6.45) is 2.08. The molecule has 0 aliphatic carbocycles. The Bertz CT molecular complexity index is 914. The van der Waals surface area contributed by atoms with Crippen molar-refractivity contribution in [2.45, 2.75) is 10.8 Å². The average molecular weight is 316 g/mol. The lowest BCUT2D eigenvalue weighted by molar-refractivity contribution is 1.15. The maximum Gasteiger partial charge on any atom is 0.145 e. The zero-order chi connectivity index (χ0) is 15.5. The molecule has 0 N–H and O–H groups in total. The SMILES string of the molecule is c1ccc(CSc2nc(-c3ccccc3)n3ccccc23)cc1. The smallest absolute Gasteiger partial charge is 0.145 e. The van der Waals surface area contributed by atoms with Gasteiger partial charge in [0.25, 0.3) is 0 Å². The van der Waals surface area contributed by atoms with Crippen molar-refractivity contribution in [2.75, 3.05) is 0 Å². The Kier molecular flexibility index (Phi) is 3.86. The summed E-state index contributed by atoms with van der Waals surface area (Å²) in [6, 6.07) is 27.1. The van der Waals surface area contributed by atoms with E-state index in [-0.39, 0.29) is 0 Å². The van der Waals surface area contributed by atoms with Crippen molar-refractivity contribution in [3.05, 3.63) is 90.6 Å². The average Bonchev–Trinajstić information content (AvgIpc) is 3.01. The summed E-state index contributed by atoms with van der Waals surface area (Å²) < 4.78 is 2.17. The second-order valence-corrected chi connectivity index (χ2v) is 6.30. The summed E-state index contributed by atoms with van der Waals surface area (Å²) in [5.41, 5.74) is 3.61. The Hall–Kier alpha value is -2.52. The molecule has 4 aromatic rings. The molecule has 0 saturated carbocycles. The molecule has 2 aromatic carbocycles. The first-order valence-corrected chi connectivity index (χ1v) is 8.59. The van der Waals surface area contributed by atoms with E-state index < -0.39 is 0 Å². The standard InChI is InChI=1S/C20H16N2S/c1-3-9-16(10-4-1)15-23-20-18-13-7-8-14-22(18)19(21-20)17-11-5-2-6-12-17/h1-14H,15H2. The molecule has 2 aromatic heterocycles. The van der Waals surface area contributed by atoms with Crippen LogP contribution < -0.4 is 0 Å². The van der Waals surface area contributed by atoms with E-state index in [0.717, 1.165) is 27.7 Å². The number of imidazole rings is 1. The number of hydrogen-bond donors (Lipinski definition) is 0. The number of fused-ring (bicyclic) bond motifs is 1. The highest BCUT2D eigenvalue weighted by atomic mass is 32.2. The predicted octanol–water partition coefficient (Wildman–Crippen LogP) is 5.29. The van der Waals surface area contributed by atoms with Crippen molar-refractivity contribution >= 4 is 17.3 Å². The van der Waals surface area contributed by atoms with Gasteiger partial charge in [-0.1, -0.05) is 78.5 Å². The first-order chi connectivity index (χ1) is 11.4. The predicted molar refractivity (Wildman–Crippen MR) is 96.6 cm³/mol. The molecule has 0 spiro atoms. The molecule has 0 saturated heterocycles. The fourth-order valence-electron chi connectivity index (χ4n) is 2.63. The molecule has 0 fully saturated rings. The zero-order valence-corrected chi connectivity index (χ0v) is 13.4. The van der Waals surface area contributed by atoms with Crippen LogP contribution in [0.15, 0.2) is 90.1 Å². The number of nitrogens with zero attached hydrogens (tertiary/aromatic N) is 2. The second-order valence-electron chi connectivity index (χ2n) is 5.34. The van der Waals surface area contributed by atoms with E-state index in [4.69, 9.17) is 4.98 Å². The number of pyridine rings is 1. The molecule has 0 atom stereocenters. The first-order valence-electron chi connectivity index (χ1n) is 7.61. The quantitative estimate of drug-likeness (QED) is 0.476. The normalized spacial score (nSPS) is 11.0. The van der Waals surface area contributed by atoms with E-state index in [1.54, 1.807) is 11.8 Å². The summed E-state index contributed by atoms with van der Waals surface area (Å²) in [5.74, 6) is 1.92. The van der Waals surface area contributed by atoms with E-state index in [1.807, 2.05) is 18.2 Å². The van der Waals surface area contributed by atoms with E-state index in [9.17, 15) is 0 Å². The number of aromatic nitrogens is 2. The molecule has 23 heavy (non-hydrogen) atoms. The molecule has 0 amide bonds. The lowest BCUT2D eigenvalue weighted by Gasteiger charge is -2.00. The summed E-state index contributed by atoms with van der Waals surface area (Å²) in [5, 5.41) is 1.08. The topological polar surface area (TPSA) is 17.3 Å². The van der Waals surface area contributed by atoms with E-state index >= 15 is 0 Å². The zero-order valence-electron chi connectivity index (χ0n) is 12.6. The van der Waals surface area contributed by atoms with Crippen LogP contribution in [0.3, 0.4) is 0 Å². The fourth-order valence-corrected chi connectivity index (χ4v) is 3.59. The maximum atomic E-state index is 4.90. The summed E-state index contributed by atoms with van der Waals surface area (Å²) >= 11 is 1.79. The van der Waals surface area contributed by atoms with Gasteiger partial charge in [0.2, 0.25) is 0 Å². The van der Waals surface area contributed by atoms with Crippen LogP contribution >= 0.6 is 11.8 Å². The van der Waals surface area contributed by atoms with Gasteiger partial charge in [0, 0.05) is 17.5 Å². The van der Waals surface area contributed by atoms with Gasteiger partial charge in [-0.05, 0) is 17.7 Å². The minimum atomic E-state index is 0.927. The van der Waals surface area contributed by atoms with Gasteiger partial charge in [-0.25, -0.2) is 4.98 Å². The van der Waals surface area contributed by atoms with Gasteiger partial charge in [-0.15, -0.1) is 0 Å². The van der Waals surface area contributed by atoms with Crippen LogP contribution in [0, 0.1) is 0 Å². The third-order valence-electron chi connectivity index (χ3n) is 3.76. The van der Waals surface area contributed by atoms with Crippen LogP contribution in [0.2, 0.25) is 0 Å². The van der Waals surface area contributed by atoms with Crippen molar-refractivity contribution in [1.29, 1.82) is 0 Å². The molecular formula is C20H16N2S. The van der Waals surface area contributed by atoms with Gasteiger partial charge in [0.15, 0.2) is 0 Å². The second kappa shape index (κ2) is 6.31. The highest BCUT2D eigenvalue weighted by Gasteiger charge is 2.12. The van der Waals surface area contributed by atoms with Gasteiger partial charge in [-0.3, -0.25) is 4.40 Å². The van der Waals surface area contributed by atoms with Crippen LogP contribution in [0.4, 0.5) is 0 Å². The number of thioether (sulfide) groups is 1. The van der Waals surface area contributed by atoms with Gasteiger partial charge in [0.05, 0.1) is 5.52 Å². The van der Waals surface area contributed by atoms with Crippen LogP contribution in [-0.4, -0.2) is 9.38 Å². The monoisotopic (exact) mass is 316 g/mol. The number of benzene rings is 2. The molecular weight excluding hydrogens is 300 g/mol. The molecule has 0 unspecified atom stereocenters. The van der Waals surface area contributed by atoms with Crippen molar-refractivity contribution in [3.8, 4) is 11.4 Å². The fraction of sp³-hybridized carbons (Fsp3) is 0.0500. The summed E-state index contributed by atoms with van der Waals surface area (Å²) in [6.45, 7) is 0. The Labute approximate surface area is 139 Å². The van der Waals surface area contributed by atoms with Gasteiger partial charge >= 0.3 is 0 Å². The van der Waals surface area contributed by atoms with Gasteiger partial charge < -0.3 is 0 Å². The van der Waals surface area contributed by atoms with Crippen LogP contribution in [0.1, 0.15) is 5.56 Å². The molecule has 4 rings (SSSR count). The molecule has 112 valence electrons. The molecule has 0 radical (unpaired) electrons. The lowest BCUT2D eigenvalue weighted by Crippen LogP contribution is -1.87. The molecule has 0 aliphatic rings. The highest BCUT2D eigenvalue weighted by molar-refractivity contribution is 7.98. The Balaban J connectivity index is 1.73. The number of hydrogen-bond acceptors (Lipinski definition) is 2. The largest absolute Gasteiger partial charge is 0.299 e. The van der Waals surface area contributed by atoms with Gasteiger partial charge in [-0.2, -0.15) is 0 Å². The van der Waals surface area contributed by atoms with Crippen molar-refractivity contribution in [2.24, 2.45) is 0 Å². The first kappa shape index (κ1) is 14.1. The summed E-state index contributed by atoms with van der Waals surface area (Å²) in [7, 11) is 0. The molecule has 0 bridgehead atoms. The third-order valence-corrected chi connectivity index (χ3v) is 4.82. The Morgan fingerprint density at radius 3 is 2.26 bits per heavy atom. The minimum Gasteiger partial charge on any atom is -0.299 e. The summed E-state index contributed by atoms with van der Waals surface area (Å²) in [4.78, 5) is 4.90. The number of rotatable bonds is 4. The molecule has 2 heterocycles. The van der Waals surface area contributed by atoms with E-state index in [1.165, 1.54) is 5.56 Å². The minimum absolute atomic E-state index is 0.927. The Morgan fingerprint density at radius 2 is 1.48 bits per heavy atom. The van der Waals surface area contributed by atoms with Crippen LogP contribution in [0.25, 0.3) is 16.9 Å². The van der Waals surface area contributed by atoms with Crippen LogP contribution in [-0.2, 0) is 5.75 Å². The highest BCUT2D eigenvalue weighted by Crippen LogP contribution is 2.30. The van der Waals surface area contributed by atoms with E-state index in [2.05, 4.69) is 71.3 Å². The Morgan fingerprint density at radius 1 is 0.783 bits per heavy atom. The molecule has 2 nitrogen and oxygen atoms in total.